The Kier molecular flexibility index (Phi) is 4.94. The number of ether oxygens (including phenoxy) is 1. The molecule has 0 saturated heterocycles. The molecule has 1 atom stereocenters. The van der Waals surface area contributed by atoms with Gasteiger partial charge < -0.3 is 14.7 Å². The number of nitrogens with one attached hydrogen (secondary N) is 2. The summed E-state index contributed by atoms with van der Waals surface area (Å²) in [6.45, 7) is 0. The van der Waals surface area contributed by atoms with Gasteiger partial charge in [-0.2, -0.15) is 0 Å². The number of aromatic nitrogens is 2. The van der Waals surface area contributed by atoms with Gasteiger partial charge in [-0.1, -0.05) is 17.6 Å². The van der Waals surface area contributed by atoms with E-state index < -0.39 is 5.97 Å². The monoisotopic (exact) mass is 396 g/mol. The zero-order valence-corrected chi connectivity index (χ0v) is 15.0. The molecule has 0 aliphatic carbocycles. The predicted molar refractivity (Wildman–Crippen MR) is 98.8 cm³/mol. The number of esters is 1. The molecule has 0 fully saturated rings. The first-order chi connectivity index (χ1) is 12.0. The molecular formula is C18H14BBrN2O3. The summed E-state index contributed by atoms with van der Waals surface area (Å²) in [6, 6.07) is 12.5. The average molecular weight is 397 g/mol. The third kappa shape index (κ3) is 3.46. The number of H-pyrrole nitrogens is 2. The van der Waals surface area contributed by atoms with Gasteiger partial charge in [0.25, 0.3) is 0 Å². The number of aromatic amines is 2. The van der Waals surface area contributed by atoms with Gasteiger partial charge in [-0.3, -0.25) is 4.79 Å². The molecule has 2 aromatic heterocycles. The highest BCUT2D eigenvalue weighted by Gasteiger charge is 2.21. The van der Waals surface area contributed by atoms with E-state index in [0.29, 0.717) is 21.3 Å². The standard InChI is InChI=1S/C18H14BBrN2O3/c1-25-18(24)11-4-2-10(3-5-11)16(14-7-6-12(9-23)21-14)15-8-13(19)17(20)22-15/h2-9,16,21-22H,1H3. The summed E-state index contributed by atoms with van der Waals surface area (Å²) in [5.41, 5.74) is 4.17. The van der Waals surface area contributed by atoms with Gasteiger partial charge >= 0.3 is 5.97 Å². The van der Waals surface area contributed by atoms with Crippen molar-refractivity contribution in [2.45, 2.75) is 5.92 Å². The summed E-state index contributed by atoms with van der Waals surface area (Å²) in [5, 5.41) is 0. The molecule has 1 unspecified atom stereocenters. The van der Waals surface area contributed by atoms with Crippen LogP contribution in [0.15, 0.2) is 47.1 Å². The van der Waals surface area contributed by atoms with E-state index >= 15 is 0 Å². The van der Waals surface area contributed by atoms with E-state index in [4.69, 9.17) is 12.6 Å². The van der Waals surface area contributed by atoms with Crippen molar-refractivity contribution in [3.8, 4) is 0 Å². The molecule has 1 aromatic carbocycles. The number of hydrogen-bond acceptors (Lipinski definition) is 3. The quantitative estimate of drug-likeness (QED) is 0.395. The fraction of sp³-hybridized carbons (Fsp3) is 0.111. The molecule has 124 valence electrons. The average Bonchev–Trinajstić information content (AvgIpc) is 3.22. The molecule has 25 heavy (non-hydrogen) atoms. The van der Waals surface area contributed by atoms with Crippen molar-refractivity contribution in [1.29, 1.82) is 0 Å². The van der Waals surface area contributed by atoms with Gasteiger partial charge in [-0.15, -0.1) is 0 Å². The highest BCUT2D eigenvalue weighted by Crippen LogP contribution is 2.31. The van der Waals surface area contributed by atoms with E-state index in [2.05, 4.69) is 25.9 Å². The Labute approximate surface area is 154 Å². The molecule has 0 spiro atoms. The van der Waals surface area contributed by atoms with Gasteiger partial charge in [0, 0.05) is 11.4 Å². The molecule has 0 aliphatic rings. The van der Waals surface area contributed by atoms with E-state index in [9.17, 15) is 9.59 Å². The van der Waals surface area contributed by atoms with Gasteiger partial charge in [-0.05, 0) is 51.8 Å². The summed E-state index contributed by atoms with van der Waals surface area (Å²) in [5.74, 6) is -0.591. The molecular weight excluding hydrogens is 383 g/mol. The van der Waals surface area contributed by atoms with Crippen molar-refractivity contribution in [3.63, 3.8) is 0 Å². The minimum absolute atomic E-state index is 0.200. The molecule has 0 bridgehead atoms. The number of halogens is 1. The lowest BCUT2D eigenvalue weighted by atomic mass is 9.90. The lowest BCUT2D eigenvalue weighted by molar-refractivity contribution is 0.0600. The van der Waals surface area contributed by atoms with Crippen LogP contribution in [-0.4, -0.2) is 37.2 Å². The Morgan fingerprint density at radius 3 is 2.40 bits per heavy atom. The van der Waals surface area contributed by atoms with E-state index in [1.807, 2.05) is 24.3 Å². The fourth-order valence-electron chi connectivity index (χ4n) is 2.74. The van der Waals surface area contributed by atoms with Crippen molar-refractivity contribution < 1.29 is 14.3 Å². The van der Waals surface area contributed by atoms with Gasteiger partial charge in [0.1, 0.15) is 7.85 Å². The maximum atomic E-state index is 11.6. The predicted octanol–water partition coefficient (Wildman–Crippen LogP) is 2.68. The summed E-state index contributed by atoms with van der Waals surface area (Å²) >= 11 is 3.38. The Morgan fingerprint density at radius 2 is 1.88 bits per heavy atom. The number of rotatable bonds is 5. The summed E-state index contributed by atoms with van der Waals surface area (Å²) in [6.07, 6.45) is 0.764. The van der Waals surface area contributed by atoms with Crippen molar-refractivity contribution in [2.24, 2.45) is 0 Å². The molecule has 7 heteroatoms. The van der Waals surface area contributed by atoms with Crippen LogP contribution in [0.2, 0.25) is 0 Å². The number of carbonyl (C=O) groups is 2. The molecule has 0 saturated carbocycles. The van der Waals surface area contributed by atoms with E-state index in [1.165, 1.54) is 7.11 Å². The number of aldehydes is 1. The Morgan fingerprint density at radius 1 is 1.16 bits per heavy atom. The van der Waals surface area contributed by atoms with Gasteiger partial charge in [-0.25, -0.2) is 4.79 Å². The highest BCUT2D eigenvalue weighted by atomic mass is 79.9. The normalized spacial score (nSPS) is 11.9. The van der Waals surface area contributed by atoms with Crippen molar-refractivity contribution in [3.05, 3.63) is 75.3 Å². The smallest absolute Gasteiger partial charge is 0.337 e. The Bertz CT molecular complexity index is 895. The summed E-state index contributed by atoms with van der Waals surface area (Å²) in [4.78, 5) is 28.9. The van der Waals surface area contributed by atoms with Crippen LogP contribution in [0.25, 0.3) is 0 Å². The highest BCUT2D eigenvalue weighted by molar-refractivity contribution is 9.10. The maximum Gasteiger partial charge on any atom is 0.337 e. The van der Waals surface area contributed by atoms with Crippen LogP contribution in [-0.2, 0) is 4.74 Å². The lowest BCUT2D eigenvalue weighted by Crippen LogP contribution is -2.07. The third-order valence-corrected chi connectivity index (χ3v) is 4.62. The maximum absolute atomic E-state index is 11.6. The molecule has 3 aromatic rings. The van der Waals surface area contributed by atoms with E-state index in [-0.39, 0.29) is 5.92 Å². The van der Waals surface area contributed by atoms with Gasteiger partial charge in [0.15, 0.2) is 6.29 Å². The summed E-state index contributed by atoms with van der Waals surface area (Å²) in [7, 11) is 7.29. The number of methoxy groups -OCH3 is 1. The fourth-order valence-corrected chi connectivity index (χ4v) is 3.09. The van der Waals surface area contributed by atoms with Crippen molar-refractivity contribution in [2.75, 3.05) is 7.11 Å². The SMILES string of the molecule is [B]c1cc(C(c2ccc(C(=O)OC)cc2)c2ccc(C=O)[nH]2)[nH]c1Br. The largest absolute Gasteiger partial charge is 0.465 e. The minimum Gasteiger partial charge on any atom is -0.465 e. The van der Waals surface area contributed by atoms with Crippen LogP contribution >= 0.6 is 15.9 Å². The second-order valence-electron chi connectivity index (χ2n) is 5.53. The zero-order chi connectivity index (χ0) is 18.0. The molecule has 2 N–H and O–H groups in total. The van der Waals surface area contributed by atoms with Crippen LogP contribution in [0.5, 0.6) is 0 Å². The Balaban J connectivity index is 2.07. The number of carbonyl (C=O) groups excluding carboxylic acids is 2. The first-order valence-corrected chi connectivity index (χ1v) is 8.29. The number of benzene rings is 1. The summed E-state index contributed by atoms with van der Waals surface area (Å²) < 4.78 is 5.43. The minimum atomic E-state index is -0.391. The van der Waals surface area contributed by atoms with Crippen molar-refractivity contribution in [1.82, 2.24) is 9.97 Å². The first-order valence-electron chi connectivity index (χ1n) is 7.49. The van der Waals surface area contributed by atoms with Crippen LogP contribution in [0.4, 0.5) is 0 Å². The molecule has 0 amide bonds. The van der Waals surface area contributed by atoms with Gasteiger partial charge in [0.05, 0.1) is 28.9 Å². The lowest BCUT2D eigenvalue weighted by Gasteiger charge is -2.16. The van der Waals surface area contributed by atoms with E-state index in [0.717, 1.165) is 23.2 Å². The van der Waals surface area contributed by atoms with Gasteiger partial charge in [0.2, 0.25) is 0 Å². The molecule has 3 rings (SSSR count). The molecule has 5 nitrogen and oxygen atoms in total. The van der Waals surface area contributed by atoms with Crippen LogP contribution in [0.1, 0.15) is 43.7 Å². The Hall–Kier alpha value is -2.54. The zero-order valence-electron chi connectivity index (χ0n) is 13.4. The third-order valence-electron chi connectivity index (χ3n) is 3.96. The second kappa shape index (κ2) is 7.15. The second-order valence-corrected chi connectivity index (χ2v) is 6.32. The number of hydrogen-bond donors (Lipinski definition) is 2. The molecule has 2 heterocycles. The van der Waals surface area contributed by atoms with Crippen LogP contribution in [0, 0.1) is 0 Å². The first kappa shape index (κ1) is 17.3. The van der Waals surface area contributed by atoms with E-state index in [1.54, 1.807) is 18.2 Å². The molecule has 2 radical (unpaired) electrons. The van der Waals surface area contributed by atoms with Crippen molar-refractivity contribution >= 4 is 41.5 Å². The molecule has 0 aliphatic heterocycles. The topological polar surface area (TPSA) is 75.0 Å². The van der Waals surface area contributed by atoms with Crippen LogP contribution in [0.3, 0.4) is 0 Å². The van der Waals surface area contributed by atoms with Crippen LogP contribution < -0.4 is 5.46 Å².